The van der Waals surface area contributed by atoms with Gasteiger partial charge < -0.3 is 19.7 Å². The van der Waals surface area contributed by atoms with Gasteiger partial charge in [-0.1, -0.05) is 18.2 Å². The predicted molar refractivity (Wildman–Crippen MR) is 95.2 cm³/mol. The third-order valence-corrected chi connectivity index (χ3v) is 4.68. The van der Waals surface area contributed by atoms with E-state index in [1.807, 2.05) is 12.1 Å². The number of rotatable bonds is 0. The van der Waals surface area contributed by atoms with E-state index in [1.54, 1.807) is 24.3 Å². The average molecular weight is 515 g/mol. The number of fused-ring (bicyclic) bond motifs is 6. The van der Waals surface area contributed by atoms with Crippen LogP contribution < -0.4 is 4.74 Å². The molecule has 0 aliphatic carbocycles. The smallest absolute Gasteiger partial charge is 0 e. The van der Waals surface area contributed by atoms with E-state index in [0.29, 0.717) is 33.8 Å². The van der Waals surface area contributed by atoms with Gasteiger partial charge in [0.1, 0.15) is 23.0 Å². The minimum Gasteiger partial charge on any atom is 0 e. The molecule has 27 heavy (non-hydrogen) atoms. The first-order valence-corrected chi connectivity index (χ1v) is 7.77. The van der Waals surface area contributed by atoms with E-state index in [2.05, 4.69) is 0 Å². The van der Waals surface area contributed by atoms with Crippen molar-refractivity contribution in [2.24, 2.45) is 0 Å². The summed E-state index contributed by atoms with van der Waals surface area (Å²) in [6.07, 6.45) is 0. The van der Waals surface area contributed by atoms with Crippen molar-refractivity contribution in [1.29, 1.82) is 0 Å². The minimum atomic E-state index is -1.17. The first kappa shape index (κ1) is 20.5. The van der Waals surface area contributed by atoms with E-state index in [1.165, 1.54) is 24.3 Å². The molecule has 1 radical (unpaired) electrons. The summed E-state index contributed by atoms with van der Waals surface area (Å²) in [5, 5.41) is 19.7. The number of aromatic hydroxyl groups is 2. The number of phenolic OH excluding ortho intramolecular Hbond substituents is 2. The van der Waals surface area contributed by atoms with Crippen molar-refractivity contribution in [2.75, 3.05) is 0 Å². The second kappa shape index (κ2) is 7.33. The Hall–Kier alpha value is -1.18. The van der Waals surface area contributed by atoms with Gasteiger partial charge in [-0.25, -0.2) is 4.79 Å². The fourth-order valence-electron chi connectivity index (χ4n) is 3.65. The summed E-state index contributed by atoms with van der Waals surface area (Å²) in [4.78, 5) is 12.5. The van der Waals surface area contributed by atoms with Crippen molar-refractivity contribution in [2.45, 2.75) is 5.60 Å². The molecule has 7 heteroatoms. The zero-order valence-corrected chi connectivity index (χ0v) is 15.4. The molecular formula is C20H13NaO5Tb. The van der Waals surface area contributed by atoms with Crippen LogP contribution in [0.4, 0.5) is 0 Å². The van der Waals surface area contributed by atoms with Crippen LogP contribution in [0.15, 0.2) is 60.7 Å². The maximum Gasteiger partial charge on any atom is 0 e. The molecule has 2 aliphatic rings. The summed E-state index contributed by atoms with van der Waals surface area (Å²) < 4.78 is 11.8. The van der Waals surface area contributed by atoms with E-state index in [4.69, 9.17) is 9.47 Å². The van der Waals surface area contributed by atoms with Crippen molar-refractivity contribution < 1.29 is 63.1 Å². The maximum atomic E-state index is 12.5. The molecule has 0 bridgehead atoms. The van der Waals surface area contributed by atoms with Gasteiger partial charge in [0, 0.05) is 67.4 Å². The molecule has 0 aromatic heterocycles. The van der Waals surface area contributed by atoms with Crippen LogP contribution in [0, 0.1) is 38.6 Å². The minimum absolute atomic E-state index is 0. The van der Waals surface area contributed by atoms with Gasteiger partial charge in [-0.3, -0.25) is 0 Å². The largest absolute Gasteiger partial charge is 0 e. The molecule has 2 aliphatic heterocycles. The van der Waals surface area contributed by atoms with E-state index in [-0.39, 0.29) is 79.7 Å². The molecule has 2 N–H and O–H groups in total. The molecule has 0 fully saturated rings. The third-order valence-electron chi connectivity index (χ3n) is 4.68. The summed E-state index contributed by atoms with van der Waals surface area (Å²) in [5.74, 6) is 0.408. The number of phenols is 2. The molecule has 0 saturated carbocycles. The van der Waals surface area contributed by atoms with Gasteiger partial charge in [-0.15, -0.1) is 0 Å². The number of ether oxygens (including phenoxy) is 2. The molecule has 0 unspecified atom stereocenters. The Labute approximate surface area is 208 Å². The Bertz CT molecular complexity index is 1010. The topological polar surface area (TPSA) is 76.0 Å². The van der Waals surface area contributed by atoms with E-state index in [0.717, 1.165) is 0 Å². The monoisotopic (exact) mass is 515 g/mol. The van der Waals surface area contributed by atoms with Crippen LogP contribution in [-0.4, -0.2) is 45.7 Å². The predicted octanol–water partition coefficient (Wildman–Crippen LogP) is 3.02. The summed E-state index contributed by atoms with van der Waals surface area (Å²) in [6.45, 7) is 0. The van der Waals surface area contributed by atoms with Crippen molar-refractivity contribution in [1.82, 2.24) is 0 Å². The number of hydrogen-bond acceptors (Lipinski definition) is 5. The average Bonchev–Trinajstić information content (AvgIpc) is 2.88. The van der Waals surface area contributed by atoms with E-state index >= 15 is 0 Å². The second-order valence-corrected chi connectivity index (χ2v) is 6.08. The Balaban J connectivity index is 0.00000105. The zero-order valence-electron chi connectivity index (χ0n) is 13.2. The fourth-order valence-corrected chi connectivity index (χ4v) is 3.65. The number of carbonyl (C=O) groups is 1. The number of benzene rings is 3. The molecule has 3 aromatic carbocycles. The number of esters is 1. The quantitative estimate of drug-likeness (QED) is 0.356. The third kappa shape index (κ3) is 2.89. The van der Waals surface area contributed by atoms with Crippen LogP contribution in [-0.2, 0) is 10.3 Å². The fraction of sp³-hybridized carbons (Fsp3) is 0.0500. The molecular weight excluding hydrogens is 502 g/mol. The van der Waals surface area contributed by atoms with Crippen molar-refractivity contribution in [3.63, 3.8) is 0 Å². The molecule has 0 saturated heterocycles. The molecule has 2 heterocycles. The van der Waals surface area contributed by atoms with Gasteiger partial charge in [-0.2, -0.15) is 0 Å². The number of carbonyl (C=O) groups excluding carboxylic acids is 1. The molecule has 0 amide bonds. The SMILES string of the molecule is O=C1OC2(c3ccc(O)cc3Oc3cc(O)ccc32)c2ccccc21.[NaH].[Tb]. The van der Waals surface area contributed by atoms with Crippen LogP contribution in [0.5, 0.6) is 23.0 Å². The van der Waals surface area contributed by atoms with Crippen molar-refractivity contribution in [3.8, 4) is 23.0 Å². The molecule has 5 rings (SSSR count). The van der Waals surface area contributed by atoms with Crippen molar-refractivity contribution >= 4 is 35.5 Å². The van der Waals surface area contributed by atoms with Crippen LogP contribution in [0.25, 0.3) is 0 Å². The Morgan fingerprint density at radius 3 is 1.93 bits per heavy atom. The number of hydrogen-bond donors (Lipinski definition) is 2. The standard InChI is InChI=1S/C20H12O5.Na.Tb.H/c21-11-5-7-15-17(9-11)24-18-10-12(22)6-8-16(18)20(15)14-4-2-1-3-13(14)19(23)25-20;;;/h1-10,21-22H;;;. The summed E-state index contributed by atoms with van der Waals surface area (Å²) in [7, 11) is 0. The Kier molecular flexibility index (Phi) is 5.58. The molecule has 133 valence electrons. The molecule has 5 nitrogen and oxygen atoms in total. The summed E-state index contributed by atoms with van der Waals surface area (Å²) in [6, 6.07) is 16.6. The van der Waals surface area contributed by atoms with Crippen LogP contribution in [0.1, 0.15) is 27.0 Å². The van der Waals surface area contributed by atoms with E-state index < -0.39 is 11.6 Å². The Morgan fingerprint density at radius 1 is 0.778 bits per heavy atom. The van der Waals surface area contributed by atoms with Gasteiger partial charge >= 0.3 is 35.5 Å². The maximum absolute atomic E-state index is 12.5. The Morgan fingerprint density at radius 2 is 1.33 bits per heavy atom. The summed E-state index contributed by atoms with van der Waals surface area (Å²) in [5.41, 5.74) is 1.28. The van der Waals surface area contributed by atoms with E-state index in [9.17, 15) is 15.0 Å². The zero-order chi connectivity index (χ0) is 17.2. The van der Waals surface area contributed by atoms with Crippen LogP contribution in [0.3, 0.4) is 0 Å². The van der Waals surface area contributed by atoms with Gasteiger partial charge in [0.15, 0.2) is 5.60 Å². The first-order valence-electron chi connectivity index (χ1n) is 7.77. The van der Waals surface area contributed by atoms with Gasteiger partial charge in [0.05, 0.1) is 5.56 Å². The first-order chi connectivity index (χ1) is 12.1. The molecule has 3 aromatic rings. The van der Waals surface area contributed by atoms with Crippen LogP contribution in [0.2, 0.25) is 0 Å². The van der Waals surface area contributed by atoms with Gasteiger partial charge in [0.25, 0.3) is 0 Å². The van der Waals surface area contributed by atoms with Crippen molar-refractivity contribution in [3.05, 3.63) is 82.9 Å². The molecule has 1 spiro atoms. The van der Waals surface area contributed by atoms with Gasteiger partial charge in [0.2, 0.25) is 0 Å². The second-order valence-electron chi connectivity index (χ2n) is 6.08. The normalized spacial score (nSPS) is 14.6. The molecule has 0 atom stereocenters. The van der Waals surface area contributed by atoms with Gasteiger partial charge in [-0.05, 0) is 30.3 Å². The summed E-state index contributed by atoms with van der Waals surface area (Å²) >= 11 is 0. The van der Waals surface area contributed by atoms with Crippen LogP contribution >= 0.6 is 0 Å².